The summed E-state index contributed by atoms with van der Waals surface area (Å²) in [6.45, 7) is 0. The zero-order valence-electron chi connectivity index (χ0n) is 13.3. The van der Waals surface area contributed by atoms with Crippen molar-refractivity contribution in [2.24, 2.45) is 7.05 Å². The minimum atomic E-state index is -4.47. The van der Waals surface area contributed by atoms with E-state index >= 15 is 0 Å². The van der Waals surface area contributed by atoms with E-state index in [9.17, 15) is 23.1 Å². The second-order valence-corrected chi connectivity index (χ2v) is 5.82. The molecule has 9 heteroatoms. The van der Waals surface area contributed by atoms with Crippen molar-refractivity contribution >= 4 is 27.9 Å². The number of halogens is 3. The second-order valence-electron chi connectivity index (χ2n) is 5.82. The van der Waals surface area contributed by atoms with Crippen molar-refractivity contribution < 1.29 is 23.1 Å². The maximum atomic E-state index is 12.8. The van der Waals surface area contributed by atoms with E-state index in [2.05, 4.69) is 10.1 Å². The number of aryl methyl sites for hydroxylation is 1. The fourth-order valence-electron chi connectivity index (χ4n) is 2.94. The molecule has 26 heavy (non-hydrogen) atoms. The van der Waals surface area contributed by atoms with Gasteiger partial charge in [0, 0.05) is 30.2 Å². The quantitative estimate of drug-likeness (QED) is 0.592. The van der Waals surface area contributed by atoms with Crippen LogP contribution in [0.3, 0.4) is 0 Å². The first-order chi connectivity index (χ1) is 12.3. The average Bonchev–Trinajstić information content (AvgIpc) is 3.08. The summed E-state index contributed by atoms with van der Waals surface area (Å²) in [6.07, 6.45) is -1.98. The van der Waals surface area contributed by atoms with Crippen molar-refractivity contribution in [1.82, 2.24) is 19.3 Å². The van der Waals surface area contributed by atoms with Gasteiger partial charge in [0.25, 0.3) is 0 Å². The third kappa shape index (κ3) is 2.40. The maximum absolute atomic E-state index is 12.8. The Bertz CT molecular complexity index is 1160. The molecule has 4 rings (SSSR count). The molecule has 0 unspecified atom stereocenters. The molecule has 0 bridgehead atoms. The van der Waals surface area contributed by atoms with E-state index in [1.807, 2.05) is 0 Å². The highest BCUT2D eigenvalue weighted by Gasteiger charge is 2.31. The fourth-order valence-corrected chi connectivity index (χ4v) is 2.94. The van der Waals surface area contributed by atoms with Crippen LogP contribution >= 0.6 is 0 Å². The Morgan fingerprint density at radius 2 is 1.92 bits per heavy atom. The van der Waals surface area contributed by atoms with Crippen molar-refractivity contribution in [2.75, 3.05) is 0 Å². The number of hydrogen-bond acceptors (Lipinski definition) is 3. The number of rotatable bonds is 2. The predicted octanol–water partition coefficient (Wildman–Crippen LogP) is 3.63. The van der Waals surface area contributed by atoms with Crippen LogP contribution < -0.4 is 0 Å². The van der Waals surface area contributed by atoms with E-state index in [0.717, 1.165) is 12.3 Å². The minimum Gasteiger partial charge on any atom is -0.478 e. The highest BCUT2D eigenvalue weighted by molar-refractivity contribution is 6.09. The summed E-state index contributed by atoms with van der Waals surface area (Å²) < 4.78 is 41.5. The van der Waals surface area contributed by atoms with Gasteiger partial charge in [-0.25, -0.2) is 9.78 Å². The molecule has 0 atom stereocenters. The Labute approximate surface area is 144 Å². The van der Waals surface area contributed by atoms with Crippen LogP contribution in [-0.2, 0) is 13.2 Å². The summed E-state index contributed by atoms with van der Waals surface area (Å²) in [5.74, 6) is -0.802. The third-order valence-corrected chi connectivity index (χ3v) is 4.10. The molecule has 6 nitrogen and oxygen atoms in total. The smallest absolute Gasteiger partial charge is 0.417 e. The fraction of sp³-hybridized carbons (Fsp3) is 0.118. The first-order valence-corrected chi connectivity index (χ1v) is 7.50. The molecule has 132 valence electrons. The van der Waals surface area contributed by atoms with Crippen molar-refractivity contribution in [3.63, 3.8) is 0 Å². The number of aromatic carboxylic acids is 1. The SMILES string of the molecule is Cn1cc2c3cc(C(=O)O)ccc3n(-c3ccc(C(F)(F)F)cn3)c2n1. The largest absolute Gasteiger partial charge is 0.478 e. The molecule has 0 aliphatic carbocycles. The molecule has 4 aromatic rings. The van der Waals surface area contributed by atoms with Crippen molar-refractivity contribution in [3.8, 4) is 5.82 Å². The number of carboxylic acids is 1. The van der Waals surface area contributed by atoms with E-state index in [1.165, 1.54) is 18.2 Å². The molecule has 0 fully saturated rings. The number of pyridine rings is 1. The van der Waals surface area contributed by atoms with Crippen LogP contribution in [0.5, 0.6) is 0 Å². The molecular weight excluding hydrogens is 349 g/mol. The highest BCUT2D eigenvalue weighted by atomic mass is 19.4. The molecule has 0 amide bonds. The normalized spacial score (nSPS) is 12.2. The standard InChI is InChI=1S/C17H11F3N4O2/c1-23-8-12-11-6-9(16(25)26)2-4-13(11)24(15(12)22-23)14-5-3-10(7-21-14)17(18,19)20/h2-8H,1H3,(H,25,26). The van der Waals surface area contributed by atoms with E-state index in [1.54, 1.807) is 28.6 Å². The Hall–Kier alpha value is -3.36. The zero-order valence-corrected chi connectivity index (χ0v) is 13.3. The number of alkyl halides is 3. The maximum Gasteiger partial charge on any atom is 0.417 e. The zero-order chi connectivity index (χ0) is 18.6. The Morgan fingerprint density at radius 1 is 1.15 bits per heavy atom. The van der Waals surface area contributed by atoms with E-state index in [4.69, 9.17) is 0 Å². The molecule has 0 aliphatic heterocycles. The molecule has 3 heterocycles. The first-order valence-electron chi connectivity index (χ1n) is 7.50. The van der Waals surface area contributed by atoms with E-state index in [0.29, 0.717) is 21.9 Å². The molecule has 0 spiro atoms. The van der Waals surface area contributed by atoms with E-state index in [-0.39, 0.29) is 11.4 Å². The lowest BCUT2D eigenvalue weighted by Crippen LogP contribution is -2.07. The summed E-state index contributed by atoms with van der Waals surface area (Å²) in [7, 11) is 1.71. The summed E-state index contributed by atoms with van der Waals surface area (Å²) >= 11 is 0. The number of nitrogens with zero attached hydrogens (tertiary/aromatic N) is 4. The topological polar surface area (TPSA) is 72.9 Å². The number of carbonyl (C=O) groups is 1. The molecule has 3 aromatic heterocycles. The highest BCUT2D eigenvalue weighted by Crippen LogP contribution is 2.33. The van der Waals surface area contributed by atoms with Gasteiger partial charge in [0.1, 0.15) is 5.82 Å². The Balaban J connectivity index is 2.00. The van der Waals surface area contributed by atoms with Crippen molar-refractivity contribution in [2.45, 2.75) is 6.18 Å². The van der Waals surface area contributed by atoms with Gasteiger partial charge < -0.3 is 5.11 Å². The van der Waals surface area contributed by atoms with Gasteiger partial charge in [-0.05, 0) is 30.3 Å². The molecule has 1 aromatic carbocycles. The van der Waals surface area contributed by atoms with Gasteiger partial charge in [0.2, 0.25) is 0 Å². The molecule has 0 radical (unpaired) electrons. The number of benzene rings is 1. The molecule has 0 aliphatic rings. The molecule has 1 N–H and O–H groups in total. The Kier molecular flexibility index (Phi) is 3.30. The average molecular weight is 360 g/mol. The van der Waals surface area contributed by atoms with Crippen molar-refractivity contribution in [3.05, 3.63) is 53.9 Å². The number of fused-ring (bicyclic) bond motifs is 3. The summed E-state index contributed by atoms with van der Waals surface area (Å²) in [6, 6.07) is 6.77. The molecular formula is C17H11F3N4O2. The van der Waals surface area contributed by atoms with Gasteiger partial charge in [0.15, 0.2) is 5.65 Å². The third-order valence-electron chi connectivity index (χ3n) is 4.10. The number of aromatic nitrogens is 4. The lowest BCUT2D eigenvalue weighted by atomic mass is 10.1. The van der Waals surface area contributed by atoms with Gasteiger partial charge in [-0.3, -0.25) is 9.25 Å². The predicted molar refractivity (Wildman–Crippen MR) is 87.3 cm³/mol. The summed E-state index contributed by atoms with van der Waals surface area (Å²) in [5.41, 5.74) is 0.363. The van der Waals surface area contributed by atoms with Gasteiger partial charge >= 0.3 is 12.1 Å². The van der Waals surface area contributed by atoms with E-state index < -0.39 is 17.7 Å². The summed E-state index contributed by atoms with van der Waals surface area (Å²) in [5, 5.41) is 14.9. The lowest BCUT2D eigenvalue weighted by Gasteiger charge is -2.09. The number of hydrogen-bond donors (Lipinski definition) is 1. The van der Waals surface area contributed by atoms with Crippen LogP contribution in [0, 0.1) is 0 Å². The van der Waals surface area contributed by atoms with Crippen LogP contribution in [0.2, 0.25) is 0 Å². The van der Waals surface area contributed by atoms with Gasteiger partial charge in [0.05, 0.1) is 16.6 Å². The van der Waals surface area contributed by atoms with Crippen LogP contribution in [0.4, 0.5) is 13.2 Å². The first kappa shape index (κ1) is 16.1. The summed E-state index contributed by atoms with van der Waals surface area (Å²) in [4.78, 5) is 15.2. The Morgan fingerprint density at radius 3 is 2.54 bits per heavy atom. The number of carboxylic acid groups (broad SMARTS) is 1. The van der Waals surface area contributed by atoms with Crippen molar-refractivity contribution in [1.29, 1.82) is 0 Å². The van der Waals surface area contributed by atoms with Crippen LogP contribution in [0.25, 0.3) is 27.8 Å². The lowest BCUT2D eigenvalue weighted by molar-refractivity contribution is -0.137. The molecule has 0 saturated carbocycles. The van der Waals surface area contributed by atoms with Crippen LogP contribution in [0.15, 0.2) is 42.7 Å². The molecule has 0 saturated heterocycles. The van der Waals surface area contributed by atoms with Crippen LogP contribution in [-0.4, -0.2) is 30.4 Å². The second kappa shape index (κ2) is 5.32. The van der Waals surface area contributed by atoms with Gasteiger partial charge in [-0.15, -0.1) is 0 Å². The van der Waals surface area contributed by atoms with Gasteiger partial charge in [-0.2, -0.15) is 18.3 Å². The monoisotopic (exact) mass is 360 g/mol. The minimum absolute atomic E-state index is 0.112. The van der Waals surface area contributed by atoms with Gasteiger partial charge in [-0.1, -0.05) is 0 Å². The van der Waals surface area contributed by atoms with Crippen LogP contribution in [0.1, 0.15) is 15.9 Å².